The predicted octanol–water partition coefficient (Wildman–Crippen LogP) is 1.72. The molecule has 1 saturated heterocycles. The number of anilines is 1. The molecule has 4 nitrogen and oxygen atoms in total. The van der Waals surface area contributed by atoms with Crippen molar-refractivity contribution in [3.8, 4) is 0 Å². The van der Waals surface area contributed by atoms with Gasteiger partial charge in [-0.1, -0.05) is 13.8 Å². The molecule has 0 saturated carbocycles. The second-order valence-corrected chi connectivity index (χ2v) is 5.95. The van der Waals surface area contributed by atoms with Gasteiger partial charge in [0.15, 0.2) is 0 Å². The summed E-state index contributed by atoms with van der Waals surface area (Å²) in [7, 11) is 2.13. The minimum atomic E-state index is -0.260. The Morgan fingerprint density at radius 1 is 1.30 bits per heavy atom. The van der Waals surface area contributed by atoms with E-state index in [1.807, 2.05) is 0 Å². The Labute approximate surface area is 121 Å². The highest BCUT2D eigenvalue weighted by Crippen LogP contribution is 2.20. The first-order valence-electron chi connectivity index (χ1n) is 7.35. The molecule has 1 aromatic rings. The average Bonchev–Trinajstić information content (AvgIpc) is 2.40. The summed E-state index contributed by atoms with van der Waals surface area (Å²) in [5.41, 5.74) is 0.954. The van der Waals surface area contributed by atoms with Crippen LogP contribution in [0.4, 0.5) is 10.2 Å². The van der Waals surface area contributed by atoms with Gasteiger partial charge < -0.3 is 15.1 Å². The predicted molar refractivity (Wildman–Crippen MR) is 80.4 cm³/mol. The van der Waals surface area contributed by atoms with Crippen molar-refractivity contribution < 1.29 is 4.39 Å². The number of hydrogen-bond donors (Lipinski definition) is 1. The highest BCUT2D eigenvalue weighted by atomic mass is 19.1. The van der Waals surface area contributed by atoms with E-state index in [-0.39, 0.29) is 5.82 Å². The van der Waals surface area contributed by atoms with E-state index in [0.29, 0.717) is 12.5 Å². The van der Waals surface area contributed by atoms with Crippen LogP contribution < -0.4 is 10.2 Å². The highest BCUT2D eigenvalue weighted by Gasteiger charge is 2.18. The van der Waals surface area contributed by atoms with E-state index in [9.17, 15) is 4.39 Å². The smallest absolute Gasteiger partial charge is 0.141 e. The number of halogens is 1. The van der Waals surface area contributed by atoms with Crippen molar-refractivity contribution in [3.05, 3.63) is 23.6 Å². The number of rotatable bonds is 5. The Balaban J connectivity index is 2.07. The van der Waals surface area contributed by atoms with Crippen LogP contribution in [0.5, 0.6) is 0 Å². The molecule has 0 aromatic carbocycles. The second kappa shape index (κ2) is 6.99. The molecule has 20 heavy (non-hydrogen) atoms. The van der Waals surface area contributed by atoms with Crippen molar-refractivity contribution in [2.75, 3.05) is 44.7 Å². The Kier molecular flexibility index (Phi) is 5.31. The van der Waals surface area contributed by atoms with Crippen LogP contribution >= 0.6 is 0 Å². The van der Waals surface area contributed by atoms with Gasteiger partial charge in [0.1, 0.15) is 11.6 Å². The SMILES string of the molecule is CC(C)CNCc1cc(F)cnc1N1CCN(C)CC1. The molecule has 1 N–H and O–H groups in total. The molecule has 0 spiro atoms. The third-order valence-corrected chi connectivity index (χ3v) is 3.58. The van der Waals surface area contributed by atoms with E-state index >= 15 is 0 Å². The Morgan fingerprint density at radius 2 is 2.00 bits per heavy atom. The molecule has 2 rings (SSSR count). The molecule has 1 aliphatic heterocycles. The zero-order valence-corrected chi connectivity index (χ0v) is 12.7. The maximum Gasteiger partial charge on any atom is 0.141 e. The molecular weight excluding hydrogens is 255 g/mol. The van der Waals surface area contributed by atoms with E-state index in [4.69, 9.17) is 0 Å². The molecule has 0 radical (unpaired) electrons. The van der Waals surface area contributed by atoms with Crippen molar-refractivity contribution in [2.45, 2.75) is 20.4 Å². The lowest BCUT2D eigenvalue weighted by Crippen LogP contribution is -2.45. The van der Waals surface area contributed by atoms with Crippen molar-refractivity contribution in [1.29, 1.82) is 0 Å². The first-order chi connectivity index (χ1) is 9.56. The maximum atomic E-state index is 13.4. The summed E-state index contributed by atoms with van der Waals surface area (Å²) in [5, 5.41) is 3.37. The summed E-state index contributed by atoms with van der Waals surface area (Å²) in [4.78, 5) is 8.88. The number of nitrogens with zero attached hydrogens (tertiary/aromatic N) is 3. The number of piperazine rings is 1. The summed E-state index contributed by atoms with van der Waals surface area (Å²) >= 11 is 0. The molecule has 0 aliphatic carbocycles. The molecular formula is C15H25FN4. The van der Waals surface area contributed by atoms with E-state index in [2.05, 4.69) is 41.0 Å². The van der Waals surface area contributed by atoms with Crippen LogP contribution in [0.2, 0.25) is 0 Å². The highest BCUT2D eigenvalue weighted by molar-refractivity contribution is 5.47. The molecule has 1 fully saturated rings. The Hall–Kier alpha value is -1.20. The van der Waals surface area contributed by atoms with Gasteiger partial charge in [-0.2, -0.15) is 0 Å². The fourth-order valence-electron chi connectivity index (χ4n) is 2.40. The van der Waals surface area contributed by atoms with E-state index < -0.39 is 0 Å². The van der Waals surface area contributed by atoms with E-state index in [1.165, 1.54) is 6.20 Å². The molecule has 0 bridgehead atoms. The van der Waals surface area contributed by atoms with Gasteiger partial charge in [0, 0.05) is 38.3 Å². The first-order valence-corrected chi connectivity index (χ1v) is 7.35. The van der Waals surface area contributed by atoms with Gasteiger partial charge in [0.2, 0.25) is 0 Å². The number of aromatic nitrogens is 1. The van der Waals surface area contributed by atoms with E-state index in [0.717, 1.165) is 44.1 Å². The standard InChI is InChI=1S/C15H25FN4/c1-12(2)9-17-10-13-8-14(16)11-18-15(13)20-6-4-19(3)5-7-20/h8,11-12,17H,4-7,9-10H2,1-3H3. The van der Waals surface area contributed by atoms with Crippen LogP contribution in [0, 0.1) is 11.7 Å². The van der Waals surface area contributed by atoms with Crippen LogP contribution in [-0.2, 0) is 6.54 Å². The summed E-state index contributed by atoms with van der Waals surface area (Å²) in [6, 6.07) is 1.61. The minimum Gasteiger partial charge on any atom is -0.354 e. The van der Waals surface area contributed by atoms with Crippen LogP contribution in [0.1, 0.15) is 19.4 Å². The summed E-state index contributed by atoms with van der Waals surface area (Å²) in [5.74, 6) is 1.25. The van der Waals surface area contributed by atoms with Gasteiger partial charge in [0.25, 0.3) is 0 Å². The normalized spacial score (nSPS) is 16.9. The number of hydrogen-bond acceptors (Lipinski definition) is 4. The monoisotopic (exact) mass is 280 g/mol. The lowest BCUT2D eigenvalue weighted by Gasteiger charge is -2.34. The zero-order chi connectivity index (χ0) is 14.5. The van der Waals surface area contributed by atoms with Crippen molar-refractivity contribution in [1.82, 2.24) is 15.2 Å². The third-order valence-electron chi connectivity index (χ3n) is 3.58. The number of pyridine rings is 1. The van der Waals surface area contributed by atoms with Crippen LogP contribution in [0.25, 0.3) is 0 Å². The lowest BCUT2D eigenvalue weighted by molar-refractivity contribution is 0.311. The topological polar surface area (TPSA) is 31.4 Å². The van der Waals surface area contributed by atoms with Crippen molar-refractivity contribution in [3.63, 3.8) is 0 Å². The zero-order valence-electron chi connectivity index (χ0n) is 12.7. The Morgan fingerprint density at radius 3 is 2.65 bits per heavy atom. The molecule has 2 heterocycles. The van der Waals surface area contributed by atoms with Gasteiger partial charge in [-0.05, 0) is 25.6 Å². The van der Waals surface area contributed by atoms with Crippen LogP contribution in [0.15, 0.2) is 12.3 Å². The summed E-state index contributed by atoms with van der Waals surface area (Å²) in [6.45, 7) is 9.88. The summed E-state index contributed by atoms with van der Waals surface area (Å²) in [6.07, 6.45) is 1.32. The quantitative estimate of drug-likeness (QED) is 0.890. The average molecular weight is 280 g/mol. The van der Waals surface area contributed by atoms with Gasteiger partial charge in [-0.25, -0.2) is 9.37 Å². The second-order valence-electron chi connectivity index (χ2n) is 5.95. The van der Waals surface area contributed by atoms with Gasteiger partial charge in [0.05, 0.1) is 6.20 Å². The maximum absolute atomic E-state index is 13.4. The van der Waals surface area contributed by atoms with Gasteiger partial charge >= 0.3 is 0 Å². The minimum absolute atomic E-state index is 0.260. The van der Waals surface area contributed by atoms with Crippen molar-refractivity contribution >= 4 is 5.82 Å². The van der Waals surface area contributed by atoms with Gasteiger partial charge in [-0.15, -0.1) is 0 Å². The lowest BCUT2D eigenvalue weighted by atomic mass is 10.2. The van der Waals surface area contributed by atoms with Gasteiger partial charge in [-0.3, -0.25) is 0 Å². The Bertz CT molecular complexity index is 428. The fraction of sp³-hybridized carbons (Fsp3) is 0.667. The van der Waals surface area contributed by atoms with Crippen LogP contribution in [0.3, 0.4) is 0 Å². The molecule has 1 aliphatic rings. The molecule has 112 valence electrons. The number of likely N-dealkylation sites (N-methyl/N-ethyl adjacent to an activating group) is 1. The fourth-order valence-corrected chi connectivity index (χ4v) is 2.40. The first kappa shape index (κ1) is 15.2. The molecule has 0 atom stereocenters. The largest absolute Gasteiger partial charge is 0.354 e. The molecule has 0 amide bonds. The molecule has 0 unspecified atom stereocenters. The number of nitrogens with one attached hydrogen (secondary N) is 1. The molecule has 1 aromatic heterocycles. The van der Waals surface area contributed by atoms with Crippen LogP contribution in [-0.4, -0.2) is 49.7 Å². The summed E-state index contributed by atoms with van der Waals surface area (Å²) < 4.78 is 13.4. The van der Waals surface area contributed by atoms with Crippen molar-refractivity contribution in [2.24, 2.45) is 5.92 Å². The van der Waals surface area contributed by atoms with E-state index in [1.54, 1.807) is 6.07 Å². The third kappa shape index (κ3) is 4.15. The molecule has 5 heteroatoms.